The third-order valence-electron chi connectivity index (χ3n) is 13.1. The molecule has 1 N–H and O–H groups in total. The molecule has 1 aromatic carbocycles. The molecule has 0 radical (unpaired) electrons. The van der Waals surface area contributed by atoms with Crippen molar-refractivity contribution in [2.75, 3.05) is 11.9 Å². The maximum Gasteiger partial charge on any atom is 0.246 e. The van der Waals surface area contributed by atoms with Crippen LogP contribution in [-0.2, 0) is 30.5 Å². The highest BCUT2D eigenvalue weighted by Gasteiger charge is 2.61. The molecule has 0 aromatic heterocycles. The van der Waals surface area contributed by atoms with Gasteiger partial charge in [0.15, 0.2) is 0 Å². The second-order valence-electron chi connectivity index (χ2n) is 17.5. The summed E-state index contributed by atoms with van der Waals surface area (Å²) in [6, 6.07) is 7.99. The standard InChI is InChI=1S/C41H57N3O5/c1-39(2,3)25-33(45)32-16-15-30-29-14-17-34-41(5,31(29)20-22-40(30,32)4)23-21-38(49)44(34)26-27-10-12-28(13-11-27)42-35(46)9-7-6-8-24-43-36(47)18-19-37(43)48/h10-13,21,23,29-32,34H,6-9,14-20,22,24-26H2,1-5H3,(H,42,46)/t29-,30-,31-,32+,34+,40-,41+/m0/s1. The Morgan fingerprint density at radius 1 is 0.878 bits per heavy atom. The van der Waals surface area contributed by atoms with Crippen LogP contribution < -0.4 is 5.32 Å². The molecule has 4 fully saturated rings. The van der Waals surface area contributed by atoms with E-state index in [0.29, 0.717) is 75.2 Å². The summed E-state index contributed by atoms with van der Waals surface area (Å²) in [6.45, 7) is 12.3. The Kier molecular flexibility index (Phi) is 10.00. The number of rotatable bonds is 11. The molecule has 266 valence electrons. The summed E-state index contributed by atoms with van der Waals surface area (Å²) in [5.41, 5.74) is 1.81. The van der Waals surface area contributed by atoms with Crippen LogP contribution in [0.1, 0.15) is 124 Å². The molecule has 0 spiro atoms. The van der Waals surface area contributed by atoms with Gasteiger partial charge in [-0.2, -0.15) is 0 Å². The molecule has 8 nitrogen and oxygen atoms in total. The largest absolute Gasteiger partial charge is 0.331 e. The van der Waals surface area contributed by atoms with Gasteiger partial charge in [0.25, 0.3) is 0 Å². The van der Waals surface area contributed by atoms with Gasteiger partial charge in [-0.25, -0.2) is 0 Å². The summed E-state index contributed by atoms with van der Waals surface area (Å²) in [4.78, 5) is 66.4. The van der Waals surface area contributed by atoms with E-state index >= 15 is 0 Å². The van der Waals surface area contributed by atoms with Gasteiger partial charge < -0.3 is 10.2 Å². The highest BCUT2D eigenvalue weighted by atomic mass is 16.2. The predicted molar refractivity (Wildman–Crippen MR) is 190 cm³/mol. The summed E-state index contributed by atoms with van der Waals surface area (Å²) in [7, 11) is 0. The number of carbonyl (C=O) groups is 5. The predicted octanol–water partition coefficient (Wildman–Crippen LogP) is 7.47. The van der Waals surface area contributed by atoms with E-state index in [1.54, 1.807) is 0 Å². The zero-order chi connectivity index (χ0) is 35.1. The number of likely N-dealkylation sites (tertiary alicyclic amines) is 1. The van der Waals surface area contributed by atoms with E-state index in [9.17, 15) is 24.0 Å². The van der Waals surface area contributed by atoms with E-state index in [0.717, 1.165) is 56.2 Å². The normalized spacial score (nSPS) is 32.6. The molecule has 3 aliphatic carbocycles. The lowest BCUT2D eigenvalue weighted by atomic mass is 9.47. The Labute approximate surface area is 292 Å². The number of anilines is 1. The van der Waals surface area contributed by atoms with Crippen molar-refractivity contribution in [3.63, 3.8) is 0 Å². The Hall–Kier alpha value is -3.29. The van der Waals surface area contributed by atoms with E-state index in [1.807, 2.05) is 30.3 Å². The Balaban J connectivity index is 1.03. The number of hydrogen-bond acceptors (Lipinski definition) is 5. The van der Waals surface area contributed by atoms with Crippen molar-refractivity contribution in [3.8, 4) is 0 Å². The molecule has 6 rings (SSSR count). The molecule has 0 bridgehead atoms. The van der Waals surface area contributed by atoms with Gasteiger partial charge in [-0.05, 0) is 104 Å². The van der Waals surface area contributed by atoms with E-state index in [4.69, 9.17) is 0 Å². The number of Topliss-reactive ketones (excluding diaryl/α,β-unsaturated/α-hetero) is 1. The summed E-state index contributed by atoms with van der Waals surface area (Å²) in [5, 5.41) is 2.98. The maximum absolute atomic E-state index is 13.5. The lowest BCUT2D eigenvalue weighted by molar-refractivity contribution is -0.145. The molecule has 5 aliphatic rings. The Morgan fingerprint density at radius 3 is 2.29 bits per heavy atom. The van der Waals surface area contributed by atoms with E-state index < -0.39 is 0 Å². The van der Waals surface area contributed by atoms with E-state index in [1.165, 1.54) is 4.90 Å². The van der Waals surface area contributed by atoms with Crippen molar-refractivity contribution in [3.05, 3.63) is 42.0 Å². The molecule has 0 unspecified atom stereocenters. The molecule has 3 saturated carbocycles. The van der Waals surface area contributed by atoms with Crippen LogP contribution in [-0.4, -0.2) is 51.8 Å². The second-order valence-corrected chi connectivity index (χ2v) is 17.5. The molecule has 1 saturated heterocycles. The van der Waals surface area contributed by atoms with Crippen LogP contribution >= 0.6 is 0 Å². The van der Waals surface area contributed by atoms with Crippen LogP contribution in [0, 0.1) is 39.9 Å². The number of ketones is 1. The Bertz CT molecular complexity index is 1480. The number of carbonyl (C=O) groups excluding carboxylic acids is 5. The fourth-order valence-electron chi connectivity index (χ4n) is 10.7. The fourth-order valence-corrected chi connectivity index (χ4v) is 10.7. The SMILES string of the molecule is CC(C)(C)CC(=O)[C@H]1CC[C@H]2[C@@H]3CC[C@H]4N(Cc5ccc(NC(=O)CCCCCN6C(=O)CCC6=O)cc5)C(=O)C=C[C@]4(C)[C@H]3CC[C@]12C. The third-order valence-corrected chi connectivity index (χ3v) is 13.1. The van der Waals surface area contributed by atoms with Crippen molar-refractivity contribution in [1.82, 2.24) is 9.80 Å². The number of fused-ring (bicyclic) bond motifs is 5. The number of imide groups is 1. The van der Waals surface area contributed by atoms with Crippen LogP contribution in [0.25, 0.3) is 0 Å². The minimum Gasteiger partial charge on any atom is -0.331 e. The van der Waals surface area contributed by atoms with Crippen LogP contribution in [0.4, 0.5) is 5.69 Å². The summed E-state index contributed by atoms with van der Waals surface area (Å²) >= 11 is 0. The summed E-state index contributed by atoms with van der Waals surface area (Å²) in [5.74, 6) is 2.17. The number of benzene rings is 1. The third kappa shape index (κ3) is 7.16. The minimum atomic E-state index is -0.0887. The summed E-state index contributed by atoms with van der Waals surface area (Å²) < 4.78 is 0. The maximum atomic E-state index is 13.5. The number of nitrogens with zero attached hydrogens (tertiary/aromatic N) is 2. The van der Waals surface area contributed by atoms with Gasteiger partial charge in [-0.15, -0.1) is 0 Å². The van der Waals surface area contributed by atoms with Gasteiger partial charge in [-0.1, -0.05) is 59.2 Å². The highest BCUT2D eigenvalue weighted by molar-refractivity contribution is 6.01. The van der Waals surface area contributed by atoms with Crippen molar-refractivity contribution in [2.45, 2.75) is 131 Å². The van der Waals surface area contributed by atoms with Crippen molar-refractivity contribution in [2.24, 2.45) is 39.9 Å². The molecular formula is C41H57N3O5. The zero-order valence-corrected chi connectivity index (χ0v) is 30.4. The molecule has 49 heavy (non-hydrogen) atoms. The molecular weight excluding hydrogens is 614 g/mol. The first-order chi connectivity index (χ1) is 23.2. The van der Waals surface area contributed by atoms with Crippen molar-refractivity contribution in [1.29, 1.82) is 0 Å². The molecule has 1 aromatic rings. The zero-order valence-electron chi connectivity index (χ0n) is 30.4. The molecule has 2 heterocycles. The van der Waals surface area contributed by atoms with Gasteiger partial charge in [0.2, 0.25) is 23.6 Å². The number of hydrogen-bond donors (Lipinski definition) is 1. The average molecular weight is 672 g/mol. The van der Waals surface area contributed by atoms with Gasteiger partial charge in [0.05, 0.1) is 0 Å². The van der Waals surface area contributed by atoms with E-state index in [2.05, 4.69) is 50.9 Å². The van der Waals surface area contributed by atoms with Crippen molar-refractivity contribution < 1.29 is 24.0 Å². The number of amides is 4. The van der Waals surface area contributed by atoms with Crippen LogP contribution in [0.5, 0.6) is 0 Å². The average Bonchev–Trinajstić information content (AvgIpc) is 3.56. The van der Waals surface area contributed by atoms with Gasteiger partial charge in [-0.3, -0.25) is 28.9 Å². The quantitative estimate of drug-likeness (QED) is 0.194. The first-order valence-electron chi connectivity index (χ1n) is 18.9. The topological polar surface area (TPSA) is 104 Å². The second kappa shape index (κ2) is 13.8. The monoisotopic (exact) mass is 671 g/mol. The lowest BCUT2D eigenvalue weighted by Crippen LogP contribution is -2.60. The number of nitrogens with one attached hydrogen (secondary N) is 1. The fraction of sp³-hybridized carbons (Fsp3) is 0.683. The van der Waals surface area contributed by atoms with Gasteiger partial charge >= 0.3 is 0 Å². The van der Waals surface area contributed by atoms with Gasteiger partial charge in [0.1, 0.15) is 5.78 Å². The molecule has 4 amide bonds. The van der Waals surface area contributed by atoms with Crippen molar-refractivity contribution >= 4 is 35.1 Å². The van der Waals surface area contributed by atoms with Crippen LogP contribution in [0.3, 0.4) is 0 Å². The first kappa shape index (κ1) is 35.5. The smallest absolute Gasteiger partial charge is 0.246 e. The van der Waals surface area contributed by atoms with E-state index in [-0.39, 0.29) is 51.8 Å². The lowest BCUT2D eigenvalue weighted by Gasteiger charge is -2.60. The minimum absolute atomic E-state index is 0.0219. The highest BCUT2D eigenvalue weighted by Crippen LogP contribution is 2.66. The summed E-state index contributed by atoms with van der Waals surface area (Å²) in [6.07, 6.45) is 14.4. The molecule has 8 heteroatoms. The van der Waals surface area contributed by atoms with Crippen LogP contribution in [0.15, 0.2) is 36.4 Å². The Morgan fingerprint density at radius 2 is 1.59 bits per heavy atom. The molecule has 7 atom stereocenters. The first-order valence-corrected chi connectivity index (χ1v) is 18.9. The number of unbranched alkanes of at least 4 members (excludes halogenated alkanes) is 2. The van der Waals surface area contributed by atoms with Gasteiger partial charge in [0, 0.05) is 61.8 Å². The molecule has 2 aliphatic heterocycles. The van der Waals surface area contributed by atoms with Crippen LogP contribution in [0.2, 0.25) is 0 Å².